The molecule has 146 valence electrons. The second-order valence-electron chi connectivity index (χ2n) is 8.28. The summed E-state index contributed by atoms with van der Waals surface area (Å²) in [6.07, 6.45) is 4.33. The Morgan fingerprint density at radius 1 is 1.14 bits per heavy atom. The molecule has 1 aliphatic carbocycles. The normalized spacial score (nSPS) is 23.9. The molecule has 2 aromatic heterocycles. The Morgan fingerprint density at radius 2 is 1.93 bits per heavy atom. The van der Waals surface area contributed by atoms with Crippen molar-refractivity contribution in [3.05, 3.63) is 35.7 Å². The summed E-state index contributed by atoms with van der Waals surface area (Å²) in [5, 5.41) is 16.2. The zero-order valence-electron chi connectivity index (χ0n) is 16.7. The number of anilines is 3. The van der Waals surface area contributed by atoms with Crippen molar-refractivity contribution in [1.82, 2.24) is 25.1 Å². The van der Waals surface area contributed by atoms with Gasteiger partial charge in [0, 0.05) is 41.6 Å². The zero-order chi connectivity index (χ0) is 19.3. The highest BCUT2D eigenvalue weighted by Gasteiger charge is 2.37. The molecule has 2 unspecified atom stereocenters. The van der Waals surface area contributed by atoms with Crippen LogP contribution in [0.1, 0.15) is 24.1 Å². The van der Waals surface area contributed by atoms with E-state index in [4.69, 9.17) is 4.98 Å². The molecule has 2 atom stereocenters. The summed E-state index contributed by atoms with van der Waals surface area (Å²) in [5.74, 6) is 3.17. The van der Waals surface area contributed by atoms with Crippen molar-refractivity contribution in [1.29, 1.82) is 0 Å². The molecule has 0 radical (unpaired) electrons. The van der Waals surface area contributed by atoms with Gasteiger partial charge in [-0.1, -0.05) is 0 Å². The van der Waals surface area contributed by atoms with Gasteiger partial charge in [0.2, 0.25) is 5.95 Å². The lowest BCUT2D eigenvalue weighted by Crippen LogP contribution is -2.21. The van der Waals surface area contributed by atoms with E-state index in [-0.39, 0.29) is 0 Å². The minimum Gasteiger partial charge on any atom is -0.367 e. The van der Waals surface area contributed by atoms with Gasteiger partial charge in [0.15, 0.2) is 0 Å². The van der Waals surface area contributed by atoms with Gasteiger partial charge in [-0.15, -0.1) is 0 Å². The van der Waals surface area contributed by atoms with Gasteiger partial charge in [-0.2, -0.15) is 10.1 Å². The van der Waals surface area contributed by atoms with E-state index in [1.165, 1.54) is 18.2 Å². The molecule has 28 heavy (non-hydrogen) atoms. The zero-order valence-corrected chi connectivity index (χ0v) is 16.7. The highest BCUT2D eigenvalue weighted by atomic mass is 15.3. The first-order valence-corrected chi connectivity index (χ1v) is 10.1. The van der Waals surface area contributed by atoms with E-state index >= 15 is 0 Å². The number of nitrogens with one attached hydrogen (secondary N) is 3. The first kappa shape index (κ1) is 17.4. The van der Waals surface area contributed by atoms with Crippen LogP contribution in [0.15, 0.2) is 24.4 Å². The van der Waals surface area contributed by atoms with Crippen LogP contribution >= 0.6 is 0 Å². The number of aromatic nitrogens is 4. The highest BCUT2D eigenvalue weighted by Crippen LogP contribution is 2.36. The average Bonchev–Trinajstić information content (AvgIpc) is 3.32. The number of aryl methyl sites for hydroxylation is 3. The van der Waals surface area contributed by atoms with Crippen LogP contribution in [-0.4, -0.2) is 38.9 Å². The summed E-state index contributed by atoms with van der Waals surface area (Å²) >= 11 is 0. The van der Waals surface area contributed by atoms with Gasteiger partial charge in [-0.25, -0.2) is 4.98 Å². The van der Waals surface area contributed by atoms with Gasteiger partial charge in [0.1, 0.15) is 5.82 Å². The maximum absolute atomic E-state index is 4.75. The first-order chi connectivity index (χ1) is 13.6. The van der Waals surface area contributed by atoms with Crippen LogP contribution in [-0.2, 0) is 7.05 Å². The lowest BCUT2D eigenvalue weighted by Gasteiger charge is -2.17. The number of benzene rings is 1. The molecular weight excluding hydrogens is 350 g/mol. The smallest absolute Gasteiger partial charge is 0.229 e. The Bertz CT molecular complexity index is 1010. The Labute approximate surface area is 165 Å². The number of rotatable bonds is 4. The number of hydrogen-bond acceptors (Lipinski definition) is 6. The third-order valence-electron chi connectivity index (χ3n) is 6.35. The minimum atomic E-state index is 0.506. The lowest BCUT2D eigenvalue weighted by atomic mass is 10.0. The van der Waals surface area contributed by atoms with Crippen molar-refractivity contribution < 1.29 is 0 Å². The molecule has 3 N–H and O–H groups in total. The minimum absolute atomic E-state index is 0.506. The second-order valence-corrected chi connectivity index (χ2v) is 8.28. The van der Waals surface area contributed by atoms with Crippen molar-refractivity contribution in [3.8, 4) is 0 Å². The van der Waals surface area contributed by atoms with Crippen LogP contribution in [0.25, 0.3) is 10.9 Å². The largest absolute Gasteiger partial charge is 0.367 e. The van der Waals surface area contributed by atoms with Crippen LogP contribution < -0.4 is 16.0 Å². The molecule has 0 spiro atoms. The summed E-state index contributed by atoms with van der Waals surface area (Å²) < 4.78 is 1.91. The molecule has 2 fully saturated rings. The lowest BCUT2D eigenvalue weighted by molar-refractivity contribution is 0.494. The van der Waals surface area contributed by atoms with Crippen molar-refractivity contribution >= 4 is 28.4 Å². The fraction of sp³-hybridized carbons (Fsp3) is 0.476. The third-order valence-corrected chi connectivity index (χ3v) is 6.35. The van der Waals surface area contributed by atoms with Gasteiger partial charge in [0.25, 0.3) is 0 Å². The van der Waals surface area contributed by atoms with Crippen LogP contribution in [0.4, 0.5) is 17.5 Å². The van der Waals surface area contributed by atoms with Gasteiger partial charge in [-0.05, 0) is 69.8 Å². The topological polar surface area (TPSA) is 79.7 Å². The van der Waals surface area contributed by atoms with Crippen molar-refractivity contribution in [2.75, 3.05) is 23.7 Å². The average molecular weight is 377 g/mol. The maximum atomic E-state index is 4.75. The molecule has 1 aliphatic heterocycles. The van der Waals surface area contributed by atoms with E-state index < -0.39 is 0 Å². The van der Waals surface area contributed by atoms with E-state index in [0.717, 1.165) is 53.2 Å². The number of fused-ring (bicyclic) bond motifs is 2. The summed E-state index contributed by atoms with van der Waals surface area (Å²) in [4.78, 5) is 9.22. The molecule has 1 saturated heterocycles. The van der Waals surface area contributed by atoms with E-state index in [1.54, 1.807) is 0 Å². The monoisotopic (exact) mass is 377 g/mol. The molecule has 7 heteroatoms. The SMILES string of the molecule is Cc1cnc(Nc2ccc3c(C)n(C)nc3c2)nc1NC1CC2CNCC2C1. The highest BCUT2D eigenvalue weighted by molar-refractivity contribution is 5.85. The first-order valence-electron chi connectivity index (χ1n) is 10.1. The third kappa shape index (κ3) is 3.09. The molecule has 7 nitrogen and oxygen atoms in total. The summed E-state index contributed by atoms with van der Waals surface area (Å²) in [6, 6.07) is 6.70. The number of nitrogens with zero attached hydrogens (tertiary/aromatic N) is 4. The summed E-state index contributed by atoms with van der Waals surface area (Å²) in [5.41, 5.74) is 4.16. The second kappa shape index (κ2) is 6.74. The van der Waals surface area contributed by atoms with E-state index in [9.17, 15) is 0 Å². The van der Waals surface area contributed by atoms with Gasteiger partial charge >= 0.3 is 0 Å². The molecular formula is C21H27N7. The summed E-state index contributed by atoms with van der Waals surface area (Å²) in [6.45, 7) is 6.46. The van der Waals surface area contributed by atoms with Crippen molar-refractivity contribution in [2.45, 2.75) is 32.7 Å². The van der Waals surface area contributed by atoms with Crippen LogP contribution in [0.5, 0.6) is 0 Å². The van der Waals surface area contributed by atoms with E-state index in [1.807, 2.05) is 24.0 Å². The van der Waals surface area contributed by atoms with Crippen LogP contribution in [0.3, 0.4) is 0 Å². The van der Waals surface area contributed by atoms with Crippen molar-refractivity contribution in [2.24, 2.45) is 18.9 Å². The number of hydrogen-bond donors (Lipinski definition) is 3. The molecule has 3 heterocycles. The van der Waals surface area contributed by atoms with Crippen molar-refractivity contribution in [3.63, 3.8) is 0 Å². The van der Waals surface area contributed by atoms with Gasteiger partial charge < -0.3 is 16.0 Å². The predicted molar refractivity (Wildman–Crippen MR) is 112 cm³/mol. The van der Waals surface area contributed by atoms with Gasteiger partial charge in [-0.3, -0.25) is 4.68 Å². The maximum Gasteiger partial charge on any atom is 0.229 e. The Kier molecular flexibility index (Phi) is 4.19. The summed E-state index contributed by atoms with van der Waals surface area (Å²) in [7, 11) is 1.97. The predicted octanol–water partition coefficient (Wildman–Crippen LogP) is 3.13. The molecule has 3 aromatic rings. The van der Waals surface area contributed by atoms with Crippen LogP contribution in [0, 0.1) is 25.7 Å². The molecule has 1 aromatic carbocycles. The van der Waals surface area contributed by atoms with Gasteiger partial charge in [0.05, 0.1) is 5.52 Å². The van der Waals surface area contributed by atoms with Crippen LogP contribution in [0.2, 0.25) is 0 Å². The fourth-order valence-electron chi connectivity index (χ4n) is 4.66. The Hall–Kier alpha value is -2.67. The fourth-order valence-corrected chi connectivity index (χ4v) is 4.66. The Morgan fingerprint density at radius 3 is 2.71 bits per heavy atom. The molecule has 0 amide bonds. The molecule has 1 saturated carbocycles. The molecule has 5 rings (SSSR count). The molecule has 0 bridgehead atoms. The molecule has 2 aliphatic rings. The van der Waals surface area contributed by atoms with E-state index in [2.05, 4.69) is 52.0 Å². The quantitative estimate of drug-likeness (QED) is 0.648. The standard InChI is InChI=1S/C21H27N7/c1-12-9-23-21(25-16-4-5-18-13(2)28(3)27-19(18)8-16)26-20(12)24-17-6-14-10-22-11-15(14)7-17/h4-5,8-9,14-15,17,22H,6-7,10-11H2,1-3H3,(H2,23,24,25,26). The Balaban J connectivity index is 1.34. The van der Waals surface area contributed by atoms with E-state index in [0.29, 0.717) is 12.0 Å².